The van der Waals surface area contributed by atoms with E-state index in [-0.39, 0.29) is 0 Å². The van der Waals surface area contributed by atoms with Gasteiger partial charge < -0.3 is 21.3 Å². The van der Waals surface area contributed by atoms with Crippen LogP contribution in [0.25, 0.3) is 11.4 Å². The van der Waals surface area contributed by atoms with Gasteiger partial charge in [-0.2, -0.15) is 0 Å². The zero-order valence-corrected chi connectivity index (χ0v) is 15.5. The van der Waals surface area contributed by atoms with Gasteiger partial charge in [-0.15, -0.1) is 0 Å². The molecule has 8 nitrogen and oxygen atoms in total. The molecule has 0 unspecified atom stereocenters. The van der Waals surface area contributed by atoms with Crippen molar-refractivity contribution in [3.8, 4) is 11.4 Å². The van der Waals surface area contributed by atoms with Crippen LogP contribution < -0.4 is 11.5 Å². The first-order valence-electron chi connectivity index (χ1n) is 8.07. The molecule has 0 bridgehead atoms. The molecule has 0 radical (unpaired) electrons. The largest absolute Gasteiger partial charge is 0.366 e. The van der Waals surface area contributed by atoms with E-state index in [4.69, 9.17) is 11.5 Å². The smallest absolute Gasteiger partial charge is 0.248 e. The quantitative estimate of drug-likeness (QED) is 0.744. The van der Waals surface area contributed by atoms with Crippen LogP contribution in [0.5, 0.6) is 0 Å². The molecule has 2 aromatic heterocycles. The molecule has 0 atom stereocenters. The van der Waals surface area contributed by atoms with Crippen molar-refractivity contribution in [3.63, 3.8) is 0 Å². The molecule has 0 saturated heterocycles. The first-order chi connectivity index (χ1) is 12.2. The number of nitrogens with zero attached hydrogens (tertiary/aromatic N) is 4. The van der Waals surface area contributed by atoms with Crippen LogP contribution >= 0.6 is 0 Å². The Kier molecular flexibility index (Phi) is 6.01. The number of hydrogen-bond acceptors (Lipinski definition) is 6. The lowest BCUT2D eigenvalue weighted by Gasteiger charge is -2.14. The lowest BCUT2D eigenvalue weighted by molar-refractivity contribution is 0.0991. The van der Waals surface area contributed by atoms with E-state index in [9.17, 15) is 9.59 Å². The zero-order chi connectivity index (χ0) is 19.4. The third-order valence-corrected chi connectivity index (χ3v) is 3.54. The summed E-state index contributed by atoms with van der Waals surface area (Å²) in [5, 5.41) is 0. The standard InChI is InChI=1S/C18H24N6O2/c1-23(2)9-13-5-11(17(19)25)7-15(21-13)16-8-12(18(20)26)6-14(22-16)10-24(3)4/h5-8H,9-10H2,1-4H3,(H2,19,25)(H2,20,26). The van der Waals surface area contributed by atoms with Gasteiger partial charge in [0.25, 0.3) is 0 Å². The summed E-state index contributed by atoms with van der Waals surface area (Å²) in [4.78, 5) is 36.4. The van der Waals surface area contributed by atoms with Crippen LogP contribution in [-0.2, 0) is 13.1 Å². The van der Waals surface area contributed by atoms with Crippen LogP contribution in [0.2, 0.25) is 0 Å². The fourth-order valence-corrected chi connectivity index (χ4v) is 2.53. The molecule has 2 amide bonds. The molecule has 0 saturated carbocycles. The molecule has 2 rings (SSSR count). The summed E-state index contributed by atoms with van der Waals surface area (Å²) in [7, 11) is 7.61. The summed E-state index contributed by atoms with van der Waals surface area (Å²) < 4.78 is 0. The number of primary amides is 2. The second kappa shape index (κ2) is 8.03. The third kappa shape index (κ3) is 5.08. The molecule has 0 aliphatic carbocycles. The Morgan fingerprint density at radius 1 is 0.769 bits per heavy atom. The summed E-state index contributed by atoms with van der Waals surface area (Å²) in [6.07, 6.45) is 0. The first-order valence-corrected chi connectivity index (χ1v) is 8.07. The predicted molar refractivity (Wildman–Crippen MR) is 99.3 cm³/mol. The van der Waals surface area contributed by atoms with E-state index >= 15 is 0 Å². The Labute approximate surface area is 152 Å². The van der Waals surface area contributed by atoms with Crippen molar-refractivity contribution in [1.29, 1.82) is 0 Å². The van der Waals surface area contributed by atoms with Crippen molar-refractivity contribution in [3.05, 3.63) is 46.8 Å². The maximum absolute atomic E-state index is 11.7. The van der Waals surface area contributed by atoms with Crippen LogP contribution in [0, 0.1) is 0 Å². The van der Waals surface area contributed by atoms with E-state index in [0.29, 0.717) is 47.0 Å². The van der Waals surface area contributed by atoms with Crippen LogP contribution in [0.15, 0.2) is 24.3 Å². The molecule has 0 spiro atoms. The van der Waals surface area contributed by atoms with Gasteiger partial charge in [0.15, 0.2) is 0 Å². The van der Waals surface area contributed by atoms with Crippen molar-refractivity contribution in [1.82, 2.24) is 19.8 Å². The van der Waals surface area contributed by atoms with E-state index in [1.165, 1.54) is 0 Å². The normalized spacial score (nSPS) is 11.2. The Bertz CT molecular complexity index is 763. The summed E-state index contributed by atoms with van der Waals surface area (Å²) in [5.74, 6) is -1.10. The molecule has 138 valence electrons. The fraction of sp³-hybridized carbons (Fsp3) is 0.333. The lowest BCUT2D eigenvalue weighted by Crippen LogP contribution is -2.17. The van der Waals surface area contributed by atoms with Gasteiger partial charge in [-0.25, -0.2) is 9.97 Å². The second-order valence-electron chi connectivity index (χ2n) is 6.67. The Morgan fingerprint density at radius 3 is 1.38 bits per heavy atom. The highest BCUT2D eigenvalue weighted by Gasteiger charge is 2.14. The minimum Gasteiger partial charge on any atom is -0.366 e. The molecule has 0 aliphatic rings. The predicted octanol–water partition coefficient (Wildman–Crippen LogP) is 0.465. The molecule has 2 aromatic rings. The third-order valence-electron chi connectivity index (χ3n) is 3.54. The van der Waals surface area contributed by atoms with Crippen molar-refractivity contribution in [2.45, 2.75) is 13.1 Å². The SMILES string of the molecule is CN(C)Cc1cc(C(N)=O)cc(-c2cc(C(N)=O)cc(CN(C)C)n2)n1. The van der Waals surface area contributed by atoms with Crippen LogP contribution in [0.3, 0.4) is 0 Å². The number of aromatic nitrogens is 2. The monoisotopic (exact) mass is 356 g/mol. The highest BCUT2D eigenvalue weighted by Crippen LogP contribution is 2.21. The van der Waals surface area contributed by atoms with Crippen LogP contribution in [0.4, 0.5) is 0 Å². The molecule has 2 heterocycles. The second-order valence-corrected chi connectivity index (χ2v) is 6.67. The summed E-state index contributed by atoms with van der Waals surface area (Å²) in [6, 6.07) is 6.47. The van der Waals surface area contributed by atoms with E-state index in [1.807, 2.05) is 38.0 Å². The number of nitrogens with two attached hydrogens (primary N) is 2. The van der Waals surface area contributed by atoms with Crippen LogP contribution in [0.1, 0.15) is 32.1 Å². The molecule has 0 aliphatic heterocycles. The molecule has 4 N–H and O–H groups in total. The Balaban J connectivity index is 2.61. The number of amides is 2. The lowest BCUT2D eigenvalue weighted by atomic mass is 10.1. The maximum Gasteiger partial charge on any atom is 0.248 e. The van der Waals surface area contributed by atoms with E-state index < -0.39 is 11.8 Å². The maximum atomic E-state index is 11.7. The number of hydrogen-bond donors (Lipinski definition) is 2. The molecule has 0 fully saturated rings. The average molecular weight is 356 g/mol. The highest BCUT2D eigenvalue weighted by atomic mass is 16.1. The van der Waals surface area contributed by atoms with Gasteiger partial charge in [0.2, 0.25) is 11.8 Å². The van der Waals surface area contributed by atoms with E-state index in [2.05, 4.69) is 9.97 Å². The highest BCUT2D eigenvalue weighted by molar-refractivity contribution is 5.95. The summed E-state index contributed by atoms with van der Waals surface area (Å²) in [6.45, 7) is 1.07. The van der Waals surface area contributed by atoms with Gasteiger partial charge >= 0.3 is 0 Å². The molecule has 8 heteroatoms. The van der Waals surface area contributed by atoms with Gasteiger partial charge in [0.05, 0.1) is 22.8 Å². The number of rotatable bonds is 7. The minimum absolute atomic E-state index is 0.340. The van der Waals surface area contributed by atoms with Crippen molar-refractivity contribution >= 4 is 11.8 Å². The van der Waals surface area contributed by atoms with Gasteiger partial charge in [-0.3, -0.25) is 9.59 Å². The topological polar surface area (TPSA) is 118 Å². The van der Waals surface area contributed by atoms with Gasteiger partial charge in [-0.05, 0) is 52.5 Å². The first kappa shape index (κ1) is 19.5. The van der Waals surface area contributed by atoms with Crippen molar-refractivity contribution in [2.75, 3.05) is 28.2 Å². The fourth-order valence-electron chi connectivity index (χ4n) is 2.53. The number of carbonyl (C=O) groups excluding carboxylic acids is 2. The Morgan fingerprint density at radius 2 is 1.12 bits per heavy atom. The summed E-state index contributed by atoms with van der Waals surface area (Å²) >= 11 is 0. The number of pyridine rings is 2. The average Bonchev–Trinajstić information content (AvgIpc) is 2.52. The molecule has 0 aromatic carbocycles. The molecular formula is C18H24N6O2. The van der Waals surface area contributed by atoms with Crippen molar-refractivity contribution < 1.29 is 9.59 Å². The van der Waals surface area contributed by atoms with E-state index in [1.54, 1.807) is 24.3 Å². The Hall–Kier alpha value is -2.84. The molecule has 26 heavy (non-hydrogen) atoms. The van der Waals surface area contributed by atoms with E-state index in [0.717, 1.165) is 0 Å². The zero-order valence-electron chi connectivity index (χ0n) is 15.5. The number of carbonyl (C=O) groups is 2. The molecular weight excluding hydrogens is 332 g/mol. The summed E-state index contributed by atoms with van der Waals surface area (Å²) in [5.41, 5.74) is 13.9. The van der Waals surface area contributed by atoms with Gasteiger partial charge in [0.1, 0.15) is 0 Å². The van der Waals surface area contributed by atoms with Gasteiger partial charge in [0, 0.05) is 24.2 Å². The van der Waals surface area contributed by atoms with Crippen molar-refractivity contribution in [2.24, 2.45) is 11.5 Å². The minimum atomic E-state index is -0.548. The van der Waals surface area contributed by atoms with Gasteiger partial charge in [-0.1, -0.05) is 0 Å². The van der Waals surface area contributed by atoms with Crippen LogP contribution in [-0.4, -0.2) is 59.8 Å².